The van der Waals surface area contributed by atoms with E-state index in [1.165, 1.54) is 12.1 Å². The zero-order valence-corrected chi connectivity index (χ0v) is 16.3. The minimum Gasteiger partial charge on any atom is -0.494 e. The second kappa shape index (κ2) is 9.38. The summed E-state index contributed by atoms with van der Waals surface area (Å²) in [4.78, 5) is 2.28. The van der Waals surface area contributed by atoms with Gasteiger partial charge >= 0.3 is 0 Å². The van der Waals surface area contributed by atoms with Gasteiger partial charge in [0.2, 0.25) is 0 Å². The van der Waals surface area contributed by atoms with Crippen LogP contribution in [0.25, 0.3) is 0 Å². The first-order chi connectivity index (χ1) is 12.5. The Morgan fingerprint density at radius 1 is 0.962 bits per heavy atom. The van der Waals surface area contributed by atoms with Crippen molar-refractivity contribution in [2.45, 2.75) is 38.5 Å². The molecular weight excluding hydrogens is 352 g/mol. The van der Waals surface area contributed by atoms with Gasteiger partial charge in [-0.1, -0.05) is 13.8 Å². The van der Waals surface area contributed by atoms with Crippen molar-refractivity contribution in [3.05, 3.63) is 36.4 Å². The van der Waals surface area contributed by atoms with Crippen molar-refractivity contribution in [3.63, 3.8) is 0 Å². The van der Waals surface area contributed by atoms with Crippen molar-refractivity contribution in [3.8, 4) is 5.75 Å². The third-order valence-electron chi connectivity index (χ3n) is 3.65. The van der Waals surface area contributed by atoms with Crippen LogP contribution in [0, 0.1) is 0 Å². The Balaban J connectivity index is 2.11. The number of hydrogen-bond acceptors (Lipinski definition) is 6. The summed E-state index contributed by atoms with van der Waals surface area (Å²) in [6.45, 7) is 8.39. The van der Waals surface area contributed by atoms with Crippen LogP contribution >= 0.6 is 0 Å². The molecule has 1 N–H and O–H groups in total. The van der Waals surface area contributed by atoms with Crippen molar-refractivity contribution in [2.75, 3.05) is 29.3 Å². The van der Waals surface area contributed by atoms with Crippen molar-refractivity contribution in [1.29, 1.82) is 0 Å². The average Bonchev–Trinajstić information content (AvgIpc) is 2.63. The van der Waals surface area contributed by atoms with Crippen LogP contribution in [0.1, 0.15) is 33.6 Å². The molecule has 1 aromatic heterocycles. The molecule has 0 aliphatic rings. The molecule has 2 aromatic rings. The lowest BCUT2D eigenvalue weighted by atomic mass is 10.3. The zero-order chi connectivity index (χ0) is 19.0. The Hall–Kier alpha value is -2.35. The number of ether oxygens (including phenoxy) is 1. The molecule has 142 valence electrons. The van der Waals surface area contributed by atoms with Gasteiger partial charge in [0.25, 0.3) is 10.0 Å². The standard InChI is InChI=1S/C18H26N4O3S/c1-4-13-22(14-5-2)18-12-11-17(19-20-18)21-26(23,24)16-9-7-15(8-10-16)25-6-3/h7-12H,4-6,13-14H2,1-3H3,(H,19,21). The predicted molar refractivity (Wildman–Crippen MR) is 103 cm³/mol. The molecule has 0 aliphatic heterocycles. The Bertz CT molecular complexity index is 771. The highest BCUT2D eigenvalue weighted by Gasteiger charge is 2.16. The van der Waals surface area contributed by atoms with E-state index in [1.807, 2.05) is 6.92 Å². The summed E-state index contributed by atoms with van der Waals surface area (Å²) >= 11 is 0. The van der Waals surface area contributed by atoms with Crippen molar-refractivity contribution >= 4 is 21.7 Å². The summed E-state index contributed by atoms with van der Waals surface area (Å²) in [6, 6.07) is 9.67. The largest absolute Gasteiger partial charge is 0.494 e. The topological polar surface area (TPSA) is 84.4 Å². The summed E-state index contributed by atoms with van der Waals surface area (Å²) in [5.74, 6) is 1.57. The van der Waals surface area contributed by atoms with Crippen LogP contribution < -0.4 is 14.4 Å². The normalized spacial score (nSPS) is 11.2. The van der Waals surface area contributed by atoms with Gasteiger partial charge < -0.3 is 9.64 Å². The highest BCUT2D eigenvalue weighted by Crippen LogP contribution is 2.19. The molecular formula is C18H26N4O3S. The summed E-state index contributed by atoms with van der Waals surface area (Å²) < 4.78 is 32.7. The maximum Gasteiger partial charge on any atom is 0.263 e. The van der Waals surface area contributed by atoms with E-state index in [0.29, 0.717) is 12.4 Å². The molecule has 0 saturated heterocycles. The second-order valence-corrected chi connectivity index (χ2v) is 7.46. The molecule has 0 amide bonds. The quantitative estimate of drug-likeness (QED) is 0.683. The van der Waals surface area contributed by atoms with Gasteiger partial charge in [0.05, 0.1) is 11.5 Å². The molecule has 1 aromatic carbocycles. The van der Waals surface area contributed by atoms with Gasteiger partial charge in [0, 0.05) is 13.1 Å². The Labute approximate surface area is 155 Å². The van der Waals surface area contributed by atoms with Crippen LogP contribution in [0.4, 0.5) is 11.6 Å². The van der Waals surface area contributed by atoms with Crippen LogP contribution in [0.15, 0.2) is 41.3 Å². The molecule has 0 spiro atoms. The summed E-state index contributed by atoms with van der Waals surface area (Å²) in [7, 11) is -3.72. The SMILES string of the molecule is CCCN(CCC)c1ccc(NS(=O)(=O)c2ccc(OCC)cc2)nn1. The van der Waals surface area contributed by atoms with Crippen LogP contribution in [-0.2, 0) is 10.0 Å². The highest BCUT2D eigenvalue weighted by molar-refractivity contribution is 7.92. The van der Waals surface area contributed by atoms with E-state index in [0.717, 1.165) is 31.7 Å². The molecule has 2 rings (SSSR count). The van der Waals surface area contributed by atoms with E-state index < -0.39 is 10.0 Å². The Kier molecular flexibility index (Phi) is 7.20. The van der Waals surface area contributed by atoms with E-state index >= 15 is 0 Å². The number of hydrogen-bond donors (Lipinski definition) is 1. The fourth-order valence-corrected chi connectivity index (χ4v) is 3.50. The molecule has 0 radical (unpaired) electrons. The minimum absolute atomic E-state index is 0.144. The van der Waals surface area contributed by atoms with Gasteiger partial charge in [-0.05, 0) is 56.2 Å². The van der Waals surface area contributed by atoms with Crippen molar-refractivity contribution < 1.29 is 13.2 Å². The van der Waals surface area contributed by atoms with Gasteiger partial charge in [-0.15, -0.1) is 10.2 Å². The molecule has 0 bridgehead atoms. The molecule has 26 heavy (non-hydrogen) atoms. The number of benzene rings is 1. The number of anilines is 2. The lowest BCUT2D eigenvalue weighted by molar-refractivity contribution is 0.340. The van der Waals surface area contributed by atoms with Crippen LogP contribution in [0.2, 0.25) is 0 Å². The first-order valence-corrected chi connectivity index (χ1v) is 10.3. The predicted octanol–water partition coefficient (Wildman–Crippen LogP) is 3.30. The molecule has 8 heteroatoms. The summed E-state index contributed by atoms with van der Waals surface area (Å²) in [6.07, 6.45) is 2.02. The second-order valence-electron chi connectivity index (χ2n) is 5.77. The van der Waals surface area contributed by atoms with Crippen molar-refractivity contribution in [2.24, 2.45) is 0 Å². The lowest BCUT2D eigenvalue weighted by Crippen LogP contribution is -2.26. The van der Waals surface area contributed by atoms with E-state index in [2.05, 4.69) is 33.7 Å². The van der Waals surface area contributed by atoms with E-state index in [-0.39, 0.29) is 10.7 Å². The number of sulfonamides is 1. The molecule has 0 atom stereocenters. The molecule has 1 heterocycles. The Morgan fingerprint density at radius 2 is 1.62 bits per heavy atom. The molecule has 0 saturated carbocycles. The fourth-order valence-electron chi connectivity index (χ4n) is 2.51. The monoisotopic (exact) mass is 378 g/mol. The summed E-state index contributed by atoms with van der Waals surface area (Å²) in [5, 5.41) is 8.18. The van der Waals surface area contributed by atoms with Gasteiger partial charge in [0.1, 0.15) is 5.75 Å². The molecule has 0 fully saturated rings. The molecule has 7 nitrogen and oxygen atoms in total. The van der Waals surface area contributed by atoms with Crippen LogP contribution in [0.5, 0.6) is 5.75 Å². The first kappa shape index (κ1) is 20.0. The van der Waals surface area contributed by atoms with Gasteiger partial charge in [-0.25, -0.2) is 8.42 Å². The smallest absolute Gasteiger partial charge is 0.263 e. The zero-order valence-electron chi connectivity index (χ0n) is 15.5. The van der Waals surface area contributed by atoms with E-state index in [1.54, 1.807) is 24.3 Å². The van der Waals surface area contributed by atoms with Crippen LogP contribution in [0.3, 0.4) is 0 Å². The highest BCUT2D eigenvalue weighted by atomic mass is 32.2. The maximum atomic E-state index is 12.5. The van der Waals surface area contributed by atoms with E-state index in [4.69, 9.17) is 4.74 Å². The minimum atomic E-state index is -3.72. The number of nitrogens with one attached hydrogen (secondary N) is 1. The van der Waals surface area contributed by atoms with Crippen molar-refractivity contribution in [1.82, 2.24) is 10.2 Å². The van der Waals surface area contributed by atoms with Gasteiger partial charge in [-0.2, -0.15) is 0 Å². The first-order valence-electron chi connectivity index (χ1n) is 8.84. The average molecular weight is 378 g/mol. The Morgan fingerprint density at radius 3 is 2.12 bits per heavy atom. The number of rotatable bonds is 10. The van der Waals surface area contributed by atoms with E-state index in [9.17, 15) is 8.42 Å². The summed E-state index contributed by atoms with van der Waals surface area (Å²) in [5.41, 5.74) is 0. The fraction of sp³-hybridized carbons (Fsp3) is 0.444. The van der Waals surface area contributed by atoms with Crippen LogP contribution in [-0.4, -0.2) is 38.3 Å². The third kappa shape index (κ3) is 5.32. The number of aromatic nitrogens is 2. The van der Waals surface area contributed by atoms with Gasteiger partial charge in [0.15, 0.2) is 11.6 Å². The third-order valence-corrected chi connectivity index (χ3v) is 5.02. The van der Waals surface area contributed by atoms with Gasteiger partial charge in [-0.3, -0.25) is 4.72 Å². The lowest BCUT2D eigenvalue weighted by Gasteiger charge is -2.21. The molecule has 0 aliphatic carbocycles. The number of nitrogens with zero attached hydrogens (tertiary/aromatic N) is 3. The molecule has 0 unspecified atom stereocenters. The maximum absolute atomic E-state index is 12.5.